The Kier molecular flexibility index (Phi) is 5.86. The van der Waals surface area contributed by atoms with Crippen molar-refractivity contribution in [2.75, 3.05) is 44.8 Å². The number of rotatable bonds is 5. The third kappa shape index (κ3) is 4.33. The van der Waals surface area contributed by atoms with Crippen molar-refractivity contribution in [2.24, 2.45) is 5.92 Å². The number of hydrogen-bond acceptors (Lipinski definition) is 5. The van der Waals surface area contributed by atoms with E-state index >= 15 is 0 Å². The second-order valence-electron chi connectivity index (χ2n) is 7.68. The summed E-state index contributed by atoms with van der Waals surface area (Å²) in [5.41, 5.74) is 3.49. The fourth-order valence-electron chi connectivity index (χ4n) is 3.99. The lowest BCUT2D eigenvalue weighted by molar-refractivity contribution is -0.134. The predicted octanol–water partition coefficient (Wildman–Crippen LogP) is 2.12. The Balaban J connectivity index is 1.35. The van der Waals surface area contributed by atoms with Gasteiger partial charge in [0.05, 0.1) is 13.2 Å². The van der Waals surface area contributed by atoms with Crippen LogP contribution in [-0.2, 0) is 28.8 Å². The summed E-state index contributed by atoms with van der Waals surface area (Å²) in [4.78, 5) is 26.3. The lowest BCUT2D eigenvalue weighted by atomic mass is 9.86. The molecule has 1 fully saturated rings. The molecule has 0 radical (unpaired) electrons. The molecule has 0 N–H and O–H groups in total. The van der Waals surface area contributed by atoms with Crippen molar-refractivity contribution in [3.8, 4) is 0 Å². The predicted molar refractivity (Wildman–Crippen MR) is 108 cm³/mol. The molecule has 0 bridgehead atoms. The first-order valence-corrected chi connectivity index (χ1v) is 10.2. The number of ether oxygens (including phenoxy) is 1. The van der Waals surface area contributed by atoms with Crippen LogP contribution in [0.15, 0.2) is 36.5 Å². The SMILES string of the molecule is CN(CCc1ccccc1)C(=O)[C@H]1CCc2nc(N3CCOCC3)ncc2C1. The van der Waals surface area contributed by atoms with Crippen molar-refractivity contribution in [1.29, 1.82) is 0 Å². The van der Waals surface area contributed by atoms with E-state index in [9.17, 15) is 4.79 Å². The zero-order chi connectivity index (χ0) is 19.3. The molecule has 1 aromatic heterocycles. The van der Waals surface area contributed by atoms with Gasteiger partial charge in [0.1, 0.15) is 0 Å². The second-order valence-corrected chi connectivity index (χ2v) is 7.68. The number of carbonyl (C=O) groups excluding carboxylic acids is 1. The monoisotopic (exact) mass is 380 g/mol. The maximum atomic E-state index is 12.9. The van der Waals surface area contributed by atoms with Crippen LogP contribution in [0.1, 0.15) is 23.2 Å². The van der Waals surface area contributed by atoms with Gasteiger partial charge in [-0.1, -0.05) is 30.3 Å². The quantitative estimate of drug-likeness (QED) is 0.795. The Bertz CT molecular complexity index is 805. The van der Waals surface area contributed by atoms with Crippen LogP contribution in [0.2, 0.25) is 0 Å². The van der Waals surface area contributed by atoms with E-state index in [-0.39, 0.29) is 11.8 Å². The molecule has 2 aromatic rings. The Morgan fingerprint density at radius 2 is 2.04 bits per heavy atom. The zero-order valence-electron chi connectivity index (χ0n) is 16.5. The minimum Gasteiger partial charge on any atom is -0.378 e. The molecule has 0 unspecified atom stereocenters. The molecule has 1 amide bonds. The van der Waals surface area contributed by atoms with Gasteiger partial charge >= 0.3 is 0 Å². The molecular weight excluding hydrogens is 352 g/mol. The van der Waals surface area contributed by atoms with Crippen LogP contribution in [0.5, 0.6) is 0 Å². The fourth-order valence-corrected chi connectivity index (χ4v) is 3.99. The van der Waals surface area contributed by atoms with E-state index in [1.54, 1.807) is 0 Å². The molecule has 1 atom stereocenters. The van der Waals surface area contributed by atoms with Gasteiger partial charge < -0.3 is 14.5 Å². The van der Waals surface area contributed by atoms with Gasteiger partial charge in [-0.2, -0.15) is 0 Å². The van der Waals surface area contributed by atoms with Crippen LogP contribution in [0.4, 0.5) is 5.95 Å². The number of amides is 1. The van der Waals surface area contributed by atoms with E-state index in [1.807, 2.05) is 36.3 Å². The number of fused-ring (bicyclic) bond motifs is 1. The summed E-state index contributed by atoms with van der Waals surface area (Å²) in [5.74, 6) is 1.07. The Morgan fingerprint density at radius 3 is 2.82 bits per heavy atom. The van der Waals surface area contributed by atoms with E-state index in [2.05, 4.69) is 22.0 Å². The third-order valence-corrected chi connectivity index (χ3v) is 5.74. The smallest absolute Gasteiger partial charge is 0.225 e. The van der Waals surface area contributed by atoms with Crippen molar-refractivity contribution in [1.82, 2.24) is 14.9 Å². The normalized spacial score (nSPS) is 19.2. The number of benzene rings is 1. The summed E-state index contributed by atoms with van der Waals surface area (Å²) in [7, 11) is 1.92. The van der Waals surface area contributed by atoms with Gasteiger partial charge in [0.25, 0.3) is 0 Å². The molecule has 1 aliphatic carbocycles. The van der Waals surface area contributed by atoms with Crippen molar-refractivity contribution in [2.45, 2.75) is 25.7 Å². The highest BCUT2D eigenvalue weighted by Crippen LogP contribution is 2.26. The number of carbonyl (C=O) groups is 1. The number of hydrogen-bond donors (Lipinski definition) is 0. The van der Waals surface area contributed by atoms with Crippen LogP contribution in [0.3, 0.4) is 0 Å². The number of aromatic nitrogens is 2. The zero-order valence-corrected chi connectivity index (χ0v) is 16.5. The molecular formula is C22H28N4O2. The first kappa shape index (κ1) is 18.9. The molecule has 2 heterocycles. The summed E-state index contributed by atoms with van der Waals surface area (Å²) >= 11 is 0. The number of nitrogens with zero attached hydrogens (tertiary/aromatic N) is 4. The molecule has 6 heteroatoms. The van der Waals surface area contributed by atoms with E-state index in [1.165, 1.54) is 5.56 Å². The molecule has 4 rings (SSSR count). The van der Waals surface area contributed by atoms with Crippen LogP contribution in [-0.4, -0.2) is 60.7 Å². The molecule has 2 aliphatic rings. The number of anilines is 1. The van der Waals surface area contributed by atoms with Crippen molar-refractivity contribution in [3.05, 3.63) is 53.3 Å². The molecule has 148 valence electrons. The van der Waals surface area contributed by atoms with Gasteiger partial charge in [-0.25, -0.2) is 9.97 Å². The molecule has 1 aliphatic heterocycles. The van der Waals surface area contributed by atoms with Crippen LogP contribution >= 0.6 is 0 Å². The largest absolute Gasteiger partial charge is 0.378 e. The first-order chi connectivity index (χ1) is 13.7. The van der Waals surface area contributed by atoms with Gasteiger partial charge in [-0.05, 0) is 36.8 Å². The minimum absolute atomic E-state index is 0.0334. The molecule has 6 nitrogen and oxygen atoms in total. The maximum Gasteiger partial charge on any atom is 0.225 e. The van der Waals surface area contributed by atoms with E-state index in [0.29, 0.717) is 0 Å². The van der Waals surface area contributed by atoms with Gasteiger partial charge in [0, 0.05) is 44.5 Å². The highest BCUT2D eigenvalue weighted by atomic mass is 16.5. The van der Waals surface area contributed by atoms with Crippen LogP contribution < -0.4 is 4.90 Å². The average molecular weight is 380 g/mol. The highest BCUT2D eigenvalue weighted by molar-refractivity contribution is 5.79. The Hall–Kier alpha value is -2.47. The molecule has 0 spiro atoms. The Morgan fingerprint density at radius 1 is 1.25 bits per heavy atom. The van der Waals surface area contributed by atoms with E-state index in [4.69, 9.17) is 9.72 Å². The van der Waals surface area contributed by atoms with Crippen molar-refractivity contribution < 1.29 is 9.53 Å². The van der Waals surface area contributed by atoms with Crippen molar-refractivity contribution in [3.63, 3.8) is 0 Å². The summed E-state index contributed by atoms with van der Waals surface area (Å²) in [5, 5.41) is 0. The number of aryl methyl sites for hydroxylation is 1. The summed E-state index contributed by atoms with van der Waals surface area (Å²) < 4.78 is 5.41. The minimum atomic E-state index is 0.0334. The molecule has 0 saturated carbocycles. The molecule has 28 heavy (non-hydrogen) atoms. The van der Waals surface area contributed by atoms with Gasteiger partial charge in [-0.15, -0.1) is 0 Å². The molecule has 1 saturated heterocycles. The number of morpholine rings is 1. The van der Waals surface area contributed by atoms with Crippen molar-refractivity contribution >= 4 is 11.9 Å². The van der Waals surface area contributed by atoms with Crippen LogP contribution in [0, 0.1) is 5.92 Å². The van der Waals surface area contributed by atoms with E-state index < -0.39 is 0 Å². The first-order valence-electron chi connectivity index (χ1n) is 10.2. The fraction of sp³-hybridized carbons (Fsp3) is 0.500. The maximum absolute atomic E-state index is 12.9. The summed E-state index contributed by atoms with van der Waals surface area (Å²) in [6.07, 6.45) is 5.27. The highest BCUT2D eigenvalue weighted by Gasteiger charge is 2.28. The second kappa shape index (κ2) is 8.69. The van der Waals surface area contributed by atoms with Crippen LogP contribution in [0.25, 0.3) is 0 Å². The summed E-state index contributed by atoms with van der Waals surface area (Å²) in [6, 6.07) is 10.3. The van der Waals surface area contributed by atoms with Gasteiger partial charge in [0.2, 0.25) is 11.9 Å². The standard InChI is InChI=1S/C22H28N4O2/c1-25(10-9-17-5-3-2-4-6-17)21(27)18-7-8-20-19(15-18)16-23-22(24-20)26-11-13-28-14-12-26/h2-6,16,18H,7-15H2,1H3/t18-/m0/s1. The molecule has 1 aromatic carbocycles. The lowest BCUT2D eigenvalue weighted by Gasteiger charge is -2.30. The third-order valence-electron chi connectivity index (χ3n) is 5.74. The Labute approximate surface area is 166 Å². The summed E-state index contributed by atoms with van der Waals surface area (Å²) in [6.45, 7) is 3.88. The lowest BCUT2D eigenvalue weighted by Crippen LogP contribution is -2.38. The van der Waals surface area contributed by atoms with Gasteiger partial charge in [0.15, 0.2) is 0 Å². The van der Waals surface area contributed by atoms with E-state index in [0.717, 1.165) is 75.7 Å². The topological polar surface area (TPSA) is 58.6 Å². The van der Waals surface area contributed by atoms with Gasteiger partial charge in [-0.3, -0.25) is 4.79 Å². The average Bonchev–Trinajstić information content (AvgIpc) is 2.77. The number of likely N-dealkylation sites (N-methyl/N-ethyl adjacent to an activating group) is 1.